The van der Waals surface area contributed by atoms with Crippen LogP contribution in [0.4, 0.5) is 9.93 Å². The van der Waals surface area contributed by atoms with Gasteiger partial charge in [0.25, 0.3) is 0 Å². The van der Waals surface area contributed by atoms with Crippen molar-refractivity contribution in [3.8, 4) is 0 Å². The molecule has 4 N–H and O–H groups in total. The minimum atomic E-state index is -1.20. The van der Waals surface area contributed by atoms with Gasteiger partial charge in [0, 0.05) is 13.0 Å². The van der Waals surface area contributed by atoms with E-state index in [1.54, 1.807) is 0 Å². The van der Waals surface area contributed by atoms with Crippen molar-refractivity contribution in [1.29, 1.82) is 0 Å². The van der Waals surface area contributed by atoms with Gasteiger partial charge in [-0.3, -0.25) is 5.32 Å². The van der Waals surface area contributed by atoms with Gasteiger partial charge in [-0.25, -0.2) is 14.6 Å². The summed E-state index contributed by atoms with van der Waals surface area (Å²) in [7, 11) is 0. The maximum Gasteiger partial charge on any atom is 0.326 e. The normalized spacial score (nSPS) is 12.1. The SMILES string of the molecule is O=C(Nc1nc2ccccc2s1)NC(CCO)C(=O)O. The molecule has 0 aliphatic carbocycles. The first kappa shape index (κ1) is 14.2. The van der Waals surface area contributed by atoms with Crippen molar-refractivity contribution in [2.75, 3.05) is 11.9 Å². The van der Waals surface area contributed by atoms with E-state index >= 15 is 0 Å². The quantitative estimate of drug-likeness (QED) is 0.663. The standard InChI is InChI=1S/C12H13N3O4S/c16-6-5-8(10(17)18)13-11(19)15-12-14-7-3-1-2-4-9(7)20-12/h1-4,8,16H,5-6H2,(H,17,18)(H2,13,14,15,19). The molecule has 1 aromatic heterocycles. The number of nitrogens with zero attached hydrogens (tertiary/aromatic N) is 1. The van der Waals surface area contributed by atoms with E-state index in [4.69, 9.17) is 10.2 Å². The molecule has 1 atom stereocenters. The van der Waals surface area contributed by atoms with Crippen molar-refractivity contribution < 1.29 is 19.8 Å². The van der Waals surface area contributed by atoms with Crippen LogP contribution in [0.1, 0.15) is 6.42 Å². The molecule has 0 spiro atoms. The topological polar surface area (TPSA) is 112 Å². The Morgan fingerprint density at radius 1 is 1.35 bits per heavy atom. The molecule has 0 saturated carbocycles. The molecule has 1 aromatic carbocycles. The lowest BCUT2D eigenvalue weighted by molar-refractivity contribution is -0.139. The first-order valence-electron chi connectivity index (χ1n) is 5.87. The number of anilines is 1. The van der Waals surface area contributed by atoms with Gasteiger partial charge in [-0.05, 0) is 12.1 Å². The Morgan fingerprint density at radius 2 is 2.10 bits per heavy atom. The van der Waals surface area contributed by atoms with Crippen LogP contribution in [0, 0.1) is 0 Å². The van der Waals surface area contributed by atoms with E-state index in [1.807, 2.05) is 24.3 Å². The zero-order valence-corrected chi connectivity index (χ0v) is 11.2. The molecule has 20 heavy (non-hydrogen) atoms. The number of hydrogen-bond donors (Lipinski definition) is 4. The second-order valence-electron chi connectivity index (χ2n) is 3.99. The molecular formula is C12H13N3O4S. The first-order valence-corrected chi connectivity index (χ1v) is 6.68. The molecule has 2 rings (SSSR count). The number of carbonyl (C=O) groups is 2. The monoisotopic (exact) mass is 295 g/mol. The summed E-state index contributed by atoms with van der Waals surface area (Å²) in [5.74, 6) is -1.20. The Bertz CT molecular complexity index is 595. The van der Waals surface area contributed by atoms with Crippen LogP contribution < -0.4 is 10.6 Å². The number of thiazole rings is 1. The number of carboxylic acids is 1. The molecule has 0 radical (unpaired) electrons. The Hall–Kier alpha value is -2.19. The number of aliphatic carboxylic acids is 1. The van der Waals surface area contributed by atoms with Crippen molar-refractivity contribution in [2.24, 2.45) is 0 Å². The molecule has 8 heteroatoms. The van der Waals surface area contributed by atoms with Crippen LogP contribution in [0.25, 0.3) is 10.2 Å². The summed E-state index contributed by atoms with van der Waals surface area (Å²) in [6, 6.07) is 5.61. The minimum absolute atomic E-state index is 0.0530. The van der Waals surface area contributed by atoms with Gasteiger partial charge in [-0.1, -0.05) is 23.5 Å². The predicted octanol–water partition coefficient (Wildman–Crippen LogP) is 1.25. The van der Waals surface area contributed by atoms with E-state index in [0.29, 0.717) is 5.13 Å². The van der Waals surface area contributed by atoms with Crippen molar-refractivity contribution >= 4 is 38.7 Å². The number of nitrogens with one attached hydrogen (secondary N) is 2. The van der Waals surface area contributed by atoms with Gasteiger partial charge in [0.15, 0.2) is 5.13 Å². The maximum absolute atomic E-state index is 11.7. The van der Waals surface area contributed by atoms with Crippen LogP contribution in [-0.4, -0.2) is 39.8 Å². The molecule has 7 nitrogen and oxygen atoms in total. The van der Waals surface area contributed by atoms with Crippen LogP contribution in [0.3, 0.4) is 0 Å². The fraction of sp³-hybridized carbons (Fsp3) is 0.250. The predicted molar refractivity (Wildman–Crippen MR) is 74.9 cm³/mol. The molecule has 2 amide bonds. The highest BCUT2D eigenvalue weighted by atomic mass is 32.1. The summed E-state index contributed by atoms with van der Waals surface area (Å²) in [6.45, 7) is -0.321. The van der Waals surface area contributed by atoms with Gasteiger partial charge < -0.3 is 15.5 Å². The second kappa shape index (κ2) is 6.31. The number of benzene rings is 1. The number of rotatable bonds is 5. The lowest BCUT2D eigenvalue weighted by Gasteiger charge is -2.12. The third-order valence-electron chi connectivity index (χ3n) is 2.54. The molecular weight excluding hydrogens is 282 g/mol. The van der Waals surface area contributed by atoms with Crippen molar-refractivity contribution in [2.45, 2.75) is 12.5 Å². The van der Waals surface area contributed by atoms with Gasteiger partial charge in [-0.2, -0.15) is 0 Å². The highest BCUT2D eigenvalue weighted by molar-refractivity contribution is 7.22. The van der Waals surface area contributed by atoms with Crippen molar-refractivity contribution in [3.63, 3.8) is 0 Å². The summed E-state index contributed by atoms with van der Waals surface area (Å²) in [4.78, 5) is 26.7. The zero-order chi connectivity index (χ0) is 14.5. The third-order valence-corrected chi connectivity index (χ3v) is 3.49. The zero-order valence-electron chi connectivity index (χ0n) is 10.4. The molecule has 1 heterocycles. The number of carboxylic acid groups (broad SMARTS) is 1. The number of amides is 2. The van der Waals surface area contributed by atoms with Gasteiger partial charge in [0.2, 0.25) is 0 Å². The number of fused-ring (bicyclic) bond motifs is 1. The van der Waals surface area contributed by atoms with Gasteiger partial charge >= 0.3 is 12.0 Å². The lowest BCUT2D eigenvalue weighted by Crippen LogP contribution is -2.43. The number of urea groups is 1. The third kappa shape index (κ3) is 3.43. The van der Waals surface area contributed by atoms with E-state index in [1.165, 1.54) is 11.3 Å². The highest BCUT2D eigenvalue weighted by Crippen LogP contribution is 2.25. The van der Waals surface area contributed by atoms with Crippen molar-refractivity contribution in [3.05, 3.63) is 24.3 Å². The summed E-state index contributed by atoms with van der Waals surface area (Å²) in [5.41, 5.74) is 0.762. The number of para-hydroxylation sites is 1. The minimum Gasteiger partial charge on any atom is -0.480 e. The van der Waals surface area contributed by atoms with E-state index in [2.05, 4.69) is 15.6 Å². The molecule has 0 aliphatic heterocycles. The average Bonchev–Trinajstić information content (AvgIpc) is 2.79. The highest BCUT2D eigenvalue weighted by Gasteiger charge is 2.19. The van der Waals surface area contributed by atoms with Crippen LogP contribution in [0.5, 0.6) is 0 Å². The number of aliphatic hydroxyl groups excluding tert-OH is 1. The van der Waals surface area contributed by atoms with Crippen LogP contribution in [0.2, 0.25) is 0 Å². The molecule has 0 saturated heterocycles. The van der Waals surface area contributed by atoms with E-state index in [-0.39, 0.29) is 13.0 Å². The van der Waals surface area contributed by atoms with Crippen LogP contribution in [-0.2, 0) is 4.79 Å². The van der Waals surface area contributed by atoms with Gasteiger partial charge in [0.05, 0.1) is 10.2 Å². The Balaban J connectivity index is 2.01. The summed E-state index contributed by atoms with van der Waals surface area (Å²) in [5, 5.41) is 22.7. The first-order chi connectivity index (χ1) is 9.60. The Morgan fingerprint density at radius 3 is 2.75 bits per heavy atom. The van der Waals surface area contributed by atoms with Crippen molar-refractivity contribution in [1.82, 2.24) is 10.3 Å². The van der Waals surface area contributed by atoms with Gasteiger partial charge in [0.1, 0.15) is 6.04 Å². The van der Waals surface area contributed by atoms with E-state index < -0.39 is 18.0 Å². The Kier molecular flexibility index (Phi) is 4.49. The molecule has 106 valence electrons. The molecule has 0 aliphatic rings. The van der Waals surface area contributed by atoms with Crippen LogP contribution in [0.15, 0.2) is 24.3 Å². The largest absolute Gasteiger partial charge is 0.480 e. The molecule has 1 unspecified atom stereocenters. The lowest BCUT2D eigenvalue weighted by atomic mass is 10.2. The summed E-state index contributed by atoms with van der Waals surface area (Å²) < 4.78 is 0.924. The summed E-state index contributed by atoms with van der Waals surface area (Å²) in [6.07, 6.45) is -0.0530. The molecule has 0 bridgehead atoms. The number of hydrogen-bond acceptors (Lipinski definition) is 5. The van der Waals surface area contributed by atoms with E-state index in [0.717, 1.165) is 10.2 Å². The van der Waals surface area contributed by atoms with E-state index in [9.17, 15) is 9.59 Å². The fourth-order valence-electron chi connectivity index (χ4n) is 1.60. The van der Waals surface area contributed by atoms with Gasteiger partial charge in [-0.15, -0.1) is 0 Å². The maximum atomic E-state index is 11.7. The van der Waals surface area contributed by atoms with Crippen LogP contribution >= 0.6 is 11.3 Å². The molecule has 0 fully saturated rings. The number of aromatic nitrogens is 1. The molecule has 2 aromatic rings. The Labute approximate surface area is 118 Å². The number of carbonyl (C=O) groups excluding carboxylic acids is 1. The average molecular weight is 295 g/mol. The second-order valence-corrected chi connectivity index (χ2v) is 5.02. The fourth-order valence-corrected chi connectivity index (χ4v) is 2.46. The number of aliphatic hydroxyl groups is 1. The summed E-state index contributed by atoms with van der Waals surface area (Å²) >= 11 is 1.29. The smallest absolute Gasteiger partial charge is 0.326 e.